The molecule has 1 fully saturated rings. The van der Waals surface area contributed by atoms with Crippen LogP contribution in [0, 0.1) is 0 Å². The van der Waals surface area contributed by atoms with Crippen molar-refractivity contribution in [3.05, 3.63) is 42.1 Å². The normalized spacial score (nSPS) is 16.9. The van der Waals surface area contributed by atoms with Gasteiger partial charge in [0.15, 0.2) is 0 Å². The Morgan fingerprint density at radius 3 is 2.62 bits per heavy atom. The molecule has 2 rings (SSSR count). The Balaban J connectivity index is 1.86. The Morgan fingerprint density at radius 2 is 1.88 bits per heavy atom. The zero-order valence-electron chi connectivity index (χ0n) is 9.60. The third kappa shape index (κ3) is 3.02. The predicted octanol–water partition coefficient (Wildman–Crippen LogP) is 2.93. The molecular weight excluding hydrogens is 198 g/mol. The zero-order chi connectivity index (χ0) is 11.2. The first-order chi connectivity index (χ1) is 7.86. The van der Waals surface area contributed by atoms with Gasteiger partial charge in [-0.15, -0.1) is 0 Å². The lowest BCUT2D eigenvalue weighted by molar-refractivity contribution is 0.309. The van der Waals surface area contributed by atoms with Crippen LogP contribution in [0.3, 0.4) is 0 Å². The van der Waals surface area contributed by atoms with E-state index in [0.29, 0.717) is 5.75 Å². The minimum absolute atomic E-state index is 0.394. The maximum atomic E-state index is 9.60. The summed E-state index contributed by atoms with van der Waals surface area (Å²) >= 11 is 0. The van der Waals surface area contributed by atoms with Crippen molar-refractivity contribution in [2.75, 3.05) is 13.1 Å². The van der Waals surface area contributed by atoms with Crippen LogP contribution in [0.25, 0.3) is 0 Å². The lowest BCUT2D eigenvalue weighted by Crippen LogP contribution is -2.24. The number of likely N-dealkylation sites (tertiary alicyclic amines) is 1. The van der Waals surface area contributed by atoms with Crippen LogP contribution in [0.1, 0.15) is 24.8 Å². The third-order valence-corrected chi connectivity index (χ3v) is 3.04. The number of allylic oxidation sites excluding steroid dienone is 1. The molecule has 1 aromatic carbocycles. The molecule has 1 aliphatic rings. The van der Waals surface area contributed by atoms with Crippen molar-refractivity contribution in [3.8, 4) is 5.75 Å². The molecule has 1 aliphatic heterocycles. The molecule has 2 heteroatoms. The first-order valence-electron chi connectivity index (χ1n) is 6.04. The smallest absolute Gasteiger partial charge is 0.119 e. The number of hydrogen-bond donors (Lipinski definition) is 1. The summed E-state index contributed by atoms with van der Waals surface area (Å²) in [6, 6.07) is 7.52. The van der Waals surface area contributed by atoms with Crippen molar-refractivity contribution in [1.82, 2.24) is 4.90 Å². The highest BCUT2D eigenvalue weighted by Crippen LogP contribution is 2.16. The second-order valence-corrected chi connectivity index (χ2v) is 4.31. The summed E-state index contributed by atoms with van der Waals surface area (Å²) in [5.74, 6) is 0.394. The summed E-state index contributed by atoms with van der Waals surface area (Å²) in [7, 11) is 0. The minimum atomic E-state index is 0.394. The Bertz CT molecular complexity index is 354. The van der Waals surface area contributed by atoms with Crippen molar-refractivity contribution in [2.24, 2.45) is 0 Å². The fourth-order valence-corrected chi connectivity index (χ4v) is 2.08. The van der Waals surface area contributed by atoms with Crippen LogP contribution in [-0.4, -0.2) is 23.1 Å². The summed E-state index contributed by atoms with van der Waals surface area (Å²) < 4.78 is 0. The van der Waals surface area contributed by atoms with Gasteiger partial charge in [0.05, 0.1) is 0 Å². The first kappa shape index (κ1) is 11.1. The average Bonchev–Trinajstić information content (AvgIpc) is 2.33. The van der Waals surface area contributed by atoms with Gasteiger partial charge in [0.2, 0.25) is 0 Å². The van der Waals surface area contributed by atoms with Gasteiger partial charge in [-0.3, -0.25) is 0 Å². The van der Waals surface area contributed by atoms with E-state index in [2.05, 4.69) is 17.2 Å². The van der Waals surface area contributed by atoms with E-state index in [-0.39, 0.29) is 0 Å². The Hall–Kier alpha value is -1.44. The molecule has 0 spiro atoms. The van der Waals surface area contributed by atoms with Crippen LogP contribution in [0.4, 0.5) is 0 Å². The fourth-order valence-electron chi connectivity index (χ4n) is 2.08. The predicted molar refractivity (Wildman–Crippen MR) is 66.4 cm³/mol. The van der Waals surface area contributed by atoms with Gasteiger partial charge in [-0.05, 0) is 43.5 Å². The van der Waals surface area contributed by atoms with Crippen LogP contribution in [-0.2, 0) is 6.42 Å². The highest BCUT2D eigenvalue weighted by atomic mass is 16.3. The fraction of sp³-hybridized carbons (Fsp3) is 0.429. The molecule has 0 atom stereocenters. The van der Waals surface area contributed by atoms with Crippen molar-refractivity contribution >= 4 is 0 Å². The van der Waals surface area contributed by atoms with E-state index in [1.165, 1.54) is 32.4 Å². The quantitative estimate of drug-likeness (QED) is 0.841. The summed E-state index contributed by atoms with van der Waals surface area (Å²) in [6.07, 6.45) is 9.10. The number of benzene rings is 1. The monoisotopic (exact) mass is 217 g/mol. The van der Waals surface area contributed by atoms with Gasteiger partial charge in [-0.1, -0.05) is 24.3 Å². The number of rotatable bonds is 3. The van der Waals surface area contributed by atoms with Crippen molar-refractivity contribution < 1.29 is 5.11 Å². The van der Waals surface area contributed by atoms with Gasteiger partial charge >= 0.3 is 0 Å². The highest BCUT2D eigenvalue weighted by Gasteiger charge is 2.04. The SMILES string of the molecule is Oc1ccccc1C/C=C/N1CCCCC1. The Kier molecular flexibility index (Phi) is 3.86. The van der Waals surface area contributed by atoms with E-state index in [4.69, 9.17) is 0 Å². The average molecular weight is 217 g/mol. The molecule has 0 unspecified atom stereocenters. The molecule has 0 aliphatic carbocycles. The first-order valence-corrected chi connectivity index (χ1v) is 6.04. The molecule has 0 aromatic heterocycles. The lowest BCUT2D eigenvalue weighted by Gasteiger charge is -2.24. The van der Waals surface area contributed by atoms with Crippen molar-refractivity contribution in [1.29, 1.82) is 0 Å². The molecule has 2 nitrogen and oxygen atoms in total. The zero-order valence-corrected chi connectivity index (χ0v) is 9.60. The molecular formula is C14H19NO. The maximum Gasteiger partial charge on any atom is 0.119 e. The van der Waals surface area contributed by atoms with Gasteiger partial charge in [0, 0.05) is 13.1 Å². The van der Waals surface area contributed by atoms with E-state index in [1.54, 1.807) is 6.07 Å². The minimum Gasteiger partial charge on any atom is -0.508 e. The van der Waals surface area contributed by atoms with E-state index in [1.807, 2.05) is 18.2 Å². The van der Waals surface area contributed by atoms with Gasteiger partial charge in [-0.2, -0.15) is 0 Å². The topological polar surface area (TPSA) is 23.5 Å². The van der Waals surface area contributed by atoms with Gasteiger partial charge in [-0.25, -0.2) is 0 Å². The molecule has 1 heterocycles. The summed E-state index contributed by atoms with van der Waals surface area (Å²) in [5, 5.41) is 9.60. The van der Waals surface area contributed by atoms with Crippen LogP contribution < -0.4 is 0 Å². The molecule has 1 aromatic rings. The highest BCUT2D eigenvalue weighted by molar-refractivity contribution is 5.33. The summed E-state index contributed by atoms with van der Waals surface area (Å²) in [4.78, 5) is 2.36. The van der Waals surface area contributed by atoms with Crippen LogP contribution in [0.15, 0.2) is 36.5 Å². The summed E-state index contributed by atoms with van der Waals surface area (Å²) in [5.41, 5.74) is 0.996. The second-order valence-electron chi connectivity index (χ2n) is 4.31. The maximum absolute atomic E-state index is 9.60. The molecule has 0 radical (unpaired) electrons. The number of hydrogen-bond acceptors (Lipinski definition) is 2. The summed E-state index contributed by atoms with van der Waals surface area (Å²) in [6.45, 7) is 2.36. The molecule has 0 bridgehead atoms. The molecule has 1 saturated heterocycles. The van der Waals surface area contributed by atoms with Gasteiger partial charge in [0.1, 0.15) is 5.75 Å². The molecule has 16 heavy (non-hydrogen) atoms. The molecule has 86 valence electrons. The van der Waals surface area contributed by atoms with Crippen molar-refractivity contribution in [2.45, 2.75) is 25.7 Å². The van der Waals surface area contributed by atoms with E-state index in [9.17, 15) is 5.11 Å². The van der Waals surface area contributed by atoms with Gasteiger partial charge in [0.25, 0.3) is 0 Å². The van der Waals surface area contributed by atoms with Crippen LogP contribution >= 0.6 is 0 Å². The largest absolute Gasteiger partial charge is 0.508 e. The number of aromatic hydroxyl groups is 1. The molecule has 0 saturated carbocycles. The van der Waals surface area contributed by atoms with E-state index < -0.39 is 0 Å². The third-order valence-electron chi connectivity index (χ3n) is 3.04. The van der Waals surface area contributed by atoms with Crippen LogP contribution in [0.2, 0.25) is 0 Å². The molecule has 0 amide bonds. The number of phenolic OH excluding ortho intramolecular Hbond substituents is 1. The van der Waals surface area contributed by atoms with Crippen molar-refractivity contribution in [3.63, 3.8) is 0 Å². The van der Waals surface area contributed by atoms with E-state index >= 15 is 0 Å². The number of nitrogens with zero attached hydrogens (tertiary/aromatic N) is 1. The number of piperidine rings is 1. The van der Waals surface area contributed by atoms with Gasteiger partial charge < -0.3 is 10.0 Å². The standard InChI is InChI=1S/C14H19NO/c16-14-9-3-2-7-13(14)8-6-12-15-10-4-1-5-11-15/h2-3,6-7,9,12,16H,1,4-5,8,10-11H2/b12-6+. The second kappa shape index (κ2) is 5.59. The Morgan fingerprint density at radius 1 is 1.12 bits per heavy atom. The van der Waals surface area contributed by atoms with Crippen LogP contribution in [0.5, 0.6) is 5.75 Å². The number of phenols is 1. The van der Waals surface area contributed by atoms with E-state index in [0.717, 1.165) is 12.0 Å². The Labute approximate surface area is 97.2 Å². The number of para-hydroxylation sites is 1. The lowest BCUT2D eigenvalue weighted by atomic mass is 10.1. The molecule has 1 N–H and O–H groups in total.